The van der Waals surface area contributed by atoms with Gasteiger partial charge in [-0.2, -0.15) is 0 Å². The molecule has 10 rings (SSSR count). The fraction of sp³-hybridized carbons (Fsp3) is 0.0702. The zero-order valence-corrected chi connectivity index (χ0v) is 37.0. The molecule has 0 fully saturated rings. The van der Waals surface area contributed by atoms with Crippen molar-refractivity contribution in [2.75, 3.05) is 11.9 Å². The Morgan fingerprint density at radius 3 is 1.19 bits per heavy atom. The molecule has 2 heterocycles. The van der Waals surface area contributed by atoms with Gasteiger partial charge in [-0.25, -0.2) is 4.90 Å². The first-order valence-corrected chi connectivity index (χ1v) is 21.7. The van der Waals surface area contributed by atoms with E-state index in [4.69, 9.17) is 18.9 Å². The lowest BCUT2D eigenvalue weighted by atomic mass is 9.78. The number of carbonyl (C=O) groups is 5. The molecule has 4 amide bonds. The Morgan fingerprint density at radius 1 is 0.382 bits per heavy atom. The summed E-state index contributed by atoms with van der Waals surface area (Å²) in [6, 6.07) is 54.9. The van der Waals surface area contributed by atoms with E-state index >= 15 is 0 Å². The second-order valence-electron chi connectivity index (χ2n) is 16.8. The van der Waals surface area contributed by atoms with Gasteiger partial charge in [0.05, 0.1) is 27.9 Å². The fourth-order valence-electron chi connectivity index (χ4n) is 8.18. The van der Waals surface area contributed by atoms with E-state index in [9.17, 15) is 24.0 Å². The third-order valence-electron chi connectivity index (χ3n) is 12.1. The largest absolute Gasteiger partial charge is 0.457 e. The van der Waals surface area contributed by atoms with Gasteiger partial charge >= 0.3 is 0 Å². The highest BCUT2D eigenvalue weighted by atomic mass is 16.5. The molecule has 0 N–H and O–H groups in total. The van der Waals surface area contributed by atoms with Crippen molar-refractivity contribution in [3.63, 3.8) is 0 Å². The quantitative estimate of drug-likeness (QED) is 0.0820. The molecule has 0 saturated carbocycles. The second kappa shape index (κ2) is 17.4. The molecule has 11 nitrogen and oxygen atoms in total. The lowest BCUT2D eigenvalue weighted by molar-refractivity contribution is 0.0691. The number of hydrogen-bond acceptors (Lipinski definition) is 9. The van der Waals surface area contributed by atoms with Crippen molar-refractivity contribution in [3.05, 3.63) is 233 Å². The number of ketones is 1. The standard InChI is InChI=1S/C57H40N2O9/c1-57(2,37-13-23-43(24-14-37)67-46-29-31-48-50(33-46)54(62)58(3)53(48)61)38-15-25-44(26-16-38)68-47-30-32-49-51(34-47)56(64)59(55(49)63)39-17-27-45(28-18-39)66-42-21-11-36(12-22-42)52(60)35-9-19-41(20-10-35)65-40-7-5-4-6-8-40/h4-34H,1-3H3. The first-order valence-electron chi connectivity index (χ1n) is 21.7. The van der Waals surface area contributed by atoms with Crippen molar-refractivity contribution >= 4 is 35.1 Å². The van der Waals surface area contributed by atoms with Gasteiger partial charge in [0.25, 0.3) is 23.6 Å². The van der Waals surface area contributed by atoms with E-state index in [1.54, 1.807) is 109 Å². The first-order chi connectivity index (χ1) is 32.9. The van der Waals surface area contributed by atoms with Crippen LogP contribution in [-0.4, -0.2) is 41.4 Å². The molecular formula is C57H40N2O9. The molecule has 11 heteroatoms. The Kier molecular flexibility index (Phi) is 10.9. The van der Waals surface area contributed by atoms with E-state index in [1.165, 1.54) is 7.05 Å². The van der Waals surface area contributed by atoms with Gasteiger partial charge in [-0.05, 0) is 157 Å². The zero-order valence-electron chi connectivity index (χ0n) is 37.0. The minimum Gasteiger partial charge on any atom is -0.457 e. The molecule has 0 spiro atoms. The Hall–Kier alpha value is -9.09. The maximum absolute atomic E-state index is 13.7. The highest BCUT2D eigenvalue weighted by Crippen LogP contribution is 2.37. The highest BCUT2D eigenvalue weighted by Gasteiger charge is 2.37. The van der Waals surface area contributed by atoms with E-state index < -0.39 is 17.2 Å². The highest BCUT2D eigenvalue weighted by molar-refractivity contribution is 6.34. The van der Waals surface area contributed by atoms with Crippen LogP contribution < -0.4 is 23.8 Å². The lowest BCUT2D eigenvalue weighted by Gasteiger charge is -2.26. The number of anilines is 1. The third-order valence-corrected chi connectivity index (χ3v) is 12.1. The molecule has 2 aliphatic heterocycles. The maximum Gasteiger partial charge on any atom is 0.266 e. The van der Waals surface area contributed by atoms with Crippen LogP contribution in [0.5, 0.6) is 46.0 Å². The predicted octanol–water partition coefficient (Wildman–Crippen LogP) is 12.4. The number of imide groups is 2. The summed E-state index contributed by atoms with van der Waals surface area (Å²) in [5.41, 5.74) is 4.28. The summed E-state index contributed by atoms with van der Waals surface area (Å²) in [5.74, 6) is 2.60. The molecule has 0 aliphatic carbocycles. The molecule has 0 atom stereocenters. The molecule has 0 saturated heterocycles. The summed E-state index contributed by atoms with van der Waals surface area (Å²) in [4.78, 5) is 67.3. The Morgan fingerprint density at radius 2 is 0.721 bits per heavy atom. The molecule has 332 valence electrons. The van der Waals surface area contributed by atoms with E-state index in [2.05, 4.69) is 13.8 Å². The fourth-order valence-corrected chi connectivity index (χ4v) is 8.18. The van der Waals surface area contributed by atoms with Crippen molar-refractivity contribution in [1.82, 2.24) is 4.90 Å². The number of carbonyl (C=O) groups excluding carboxylic acids is 5. The number of para-hydroxylation sites is 1. The van der Waals surface area contributed by atoms with Crippen LogP contribution in [0.1, 0.15) is 82.3 Å². The minimum atomic E-state index is -0.469. The molecule has 8 aromatic rings. The van der Waals surface area contributed by atoms with Crippen molar-refractivity contribution in [2.24, 2.45) is 0 Å². The number of benzene rings is 8. The number of rotatable bonds is 13. The third kappa shape index (κ3) is 8.24. The monoisotopic (exact) mass is 896 g/mol. The minimum absolute atomic E-state index is 0.141. The molecule has 8 aromatic carbocycles. The van der Waals surface area contributed by atoms with Crippen molar-refractivity contribution in [2.45, 2.75) is 19.3 Å². The van der Waals surface area contributed by atoms with Crippen molar-refractivity contribution in [1.29, 1.82) is 0 Å². The average Bonchev–Trinajstić information content (AvgIpc) is 3.74. The summed E-state index contributed by atoms with van der Waals surface area (Å²) in [5, 5.41) is 0. The maximum atomic E-state index is 13.7. The van der Waals surface area contributed by atoms with Gasteiger partial charge in [-0.15, -0.1) is 0 Å². The molecular weight excluding hydrogens is 857 g/mol. The SMILES string of the molecule is CN1C(=O)c2ccc(Oc3ccc(C(C)(C)c4ccc(Oc5ccc6c(c5)C(=O)N(c5ccc(Oc7ccc(C(=O)c8ccc(Oc9ccccc9)cc8)cc7)cc5)C6=O)cc4)cc3)cc2C1=O. The molecule has 2 aliphatic rings. The number of fused-ring (bicyclic) bond motifs is 2. The van der Waals surface area contributed by atoms with E-state index in [1.807, 2.05) is 78.9 Å². The van der Waals surface area contributed by atoms with Crippen molar-refractivity contribution < 1.29 is 42.9 Å². The molecule has 0 aromatic heterocycles. The number of amides is 4. The predicted molar refractivity (Wildman–Crippen MR) is 255 cm³/mol. The smallest absolute Gasteiger partial charge is 0.266 e. The topological polar surface area (TPSA) is 129 Å². The Balaban J connectivity index is 0.743. The van der Waals surface area contributed by atoms with Crippen LogP contribution in [-0.2, 0) is 5.41 Å². The van der Waals surface area contributed by atoms with Gasteiger partial charge in [-0.1, -0.05) is 56.3 Å². The van der Waals surface area contributed by atoms with E-state index in [0.717, 1.165) is 20.9 Å². The van der Waals surface area contributed by atoms with Crippen LogP contribution in [0.3, 0.4) is 0 Å². The molecule has 68 heavy (non-hydrogen) atoms. The van der Waals surface area contributed by atoms with Crippen LogP contribution in [0.25, 0.3) is 0 Å². The van der Waals surface area contributed by atoms with Crippen LogP contribution in [0.2, 0.25) is 0 Å². The van der Waals surface area contributed by atoms with Crippen LogP contribution in [0.15, 0.2) is 188 Å². The van der Waals surface area contributed by atoms with Gasteiger partial charge in [0.1, 0.15) is 46.0 Å². The van der Waals surface area contributed by atoms with Gasteiger partial charge in [0.2, 0.25) is 0 Å². The number of hydrogen-bond donors (Lipinski definition) is 0. The average molecular weight is 897 g/mol. The zero-order chi connectivity index (χ0) is 47.1. The molecule has 0 bridgehead atoms. The van der Waals surface area contributed by atoms with Gasteiger partial charge in [-0.3, -0.25) is 28.9 Å². The number of ether oxygens (including phenoxy) is 4. The van der Waals surface area contributed by atoms with Crippen LogP contribution in [0.4, 0.5) is 5.69 Å². The van der Waals surface area contributed by atoms with Gasteiger partial charge in [0.15, 0.2) is 5.78 Å². The number of nitrogens with zero attached hydrogens (tertiary/aromatic N) is 2. The summed E-state index contributed by atoms with van der Waals surface area (Å²) < 4.78 is 24.1. The Bertz CT molecular complexity index is 3270. The molecule has 0 radical (unpaired) electrons. The summed E-state index contributed by atoms with van der Waals surface area (Å²) >= 11 is 0. The van der Waals surface area contributed by atoms with Crippen LogP contribution in [0, 0.1) is 0 Å². The van der Waals surface area contributed by atoms with Gasteiger partial charge < -0.3 is 18.9 Å². The summed E-state index contributed by atoms with van der Waals surface area (Å²) in [6.07, 6.45) is 0. The summed E-state index contributed by atoms with van der Waals surface area (Å²) in [7, 11) is 1.46. The van der Waals surface area contributed by atoms with E-state index in [0.29, 0.717) is 73.9 Å². The van der Waals surface area contributed by atoms with Crippen LogP contribution >= 0.6 is 0 Å². The summed E-state index contributed by atoms with van der Waals surface area (Å²) in [6.45, 7) is 4.23. The Labute approximate surface area is 391 Å². The normalized spacial score (nSPS) is 13.0. The van der Waals surface area contributed by atoms with Crippen molar-refractivity contribution in [3.8, 4) is 46.0 Å². The lowest BCUT2D eigenvalue weighted by Crippen LogP contribution is -2.29. The van der Waals surface area contributed by atoms with Gasteiger partial charge in [0, 0.05) is 23.6 Å². The first kappa shape index (κ1) is 42.8. The molecule has 0 unspecified atom stereocenters. The second-order valence-corrected chi connectivity index (χ2v) is 16.8. The van der Waals surface area contributed by atoms with E-state index in [-0.39, 0.29) is 28.7 Å².